The van der Waals surface area contributed by atoms with Crippen molar-refractivity contribution in [1.29, 1.82) is 0 Å². The van der Waals surface area contributed by atoms with Gasteiger partial charge in [0.25, 0.3) is 5.91 Å². The number of hydrogen-bond donors (Lipinski definition) is 1. The van der Waals surface area contributed by atoms with E-state index in [9.17, 15) is 9.59 Å². The number of aryl methyl sites for hydroxylation is 1. The molecule has 0 bridgehead atoms. The predicted molar refractivity (Wildman–Crippen MR) is 93.4 cm³/mol. The topological polar surface area (TPSA) is 78.5 Å². The molecule has 1 aromatic rings. The summed E-state index contributed by atoms with van der Waals surface area (Å²) in [6, 6.07) is 1.76. The van der Waals surface area contributed by atoms with Crippen LogP contribution in [0.1, 0.15) is 61.6 Å². The minimum absolute atomic E-state index is 0.0556. The van der Waals surface area contributed by atoms with Gasteiger partial charge in [-0.25, -0.2) is 4.79 Å². The van der Waals surface area contributed by atoms with Gasteiger partial charge in [0.15, 0.2) is 0 Å². The van der Waals surface area contributed by atoms with E-state index in [4.69, 9.17) is 4.74 Å². The fourth-order valence-electron chi connectivity index (χ4n) is 3.66. The fourth-order valence-corrected chi connectivity index (χ4v) is 3.66. The summed E-state index contributed by atoms with van der Waals surface area (Å²) >= 11 is 0. The fraction of sp³-hybridized carbons (Fsp3) is 0.722. The smallest absolute Gasteiger partial charge is 0.410 e. The molecule has 0 radical (unpaired) electrons. The highest BCUT2D eigenvalue weighted by atomic mass is 16.6. The zero-order valence-electron chi connectivity index (χ0n) is 15.2. The van der Waals surface area contributed by atoms with Gasteiger partial charge in [0.1, 0.15) is 11.3 Å². The molecule has 138 valence electrons. The SMILES string of the molecule is CCCCCCN1CC2(CCN(C(=O)c3cc(C)[nH]n3)CC2)OC1=O. The Morgan fingerprint density at radius 2 is 2.08 bits per heavy atom. The Balaban J connectivity index is 1.51. The first-order valence-corrected chi connectivity index (χ1v) is 9.32. The van der Waals surface area contributed by atoms with Crippen molar-refractivity contribution in [2.45, 2.75) is 58.0 Å². The van der Waals surface area contributed by atoms with Crippen LogP contribution in [0.2, 0.25) is 0 Å². The van der Waals surface area contributed by atoms with Crippen LogP contribution in [-0.4, -0.2) is 63.8 Å². The maximum Gasteiger partial charge on any atom is 0.410 e. The molecule has 0 aromatic carbocycles. The number of unbranched alkanes of at least 4 members (excludes halogenated alkanes) is 3. The van der Waals surface area contributed by atoms with Crippen LogP contribution in [0.5, 0.6) is 0 Å². The highest BCUT2D eigenvalue weighted by Crippen LogP contribution is 2.33. The third-order valence-corrected chi connectivity index (χ3v) is 5.21. The standard InChI is InChI=1S/C18H28N4O3/c1-3-4-5-6-9-22-13-18(25-17(22)24)7-10-21(11-8-18)16(23)15-12-14(2)19-20-15/h12H,3-11,13H2,1-2H3,(H,19,20). The number of aromatic amines is 1. The molecule has 1 N–H and O–H groups in total. The molecule has 25 heavy (non-hydrogen) atoms. The Kier molecular flexibility index (Phi) is 5.30. The summed E-state index contributed by atoms with van der Waals surface area (Å²) in [5.41, 5.74) is 0.912. The van der Waals surface area contributed by atoms with E-state index in [1.807, 2.05) is 11.8 Å². The summed E-state index contributed by atoms with van der Waals surface area (Å²) in [5.74, 6) is -0.0556. The molecule has 2 fully saturated rings. The lowest BCUT2D eigenvalue weighted by molar-refractivity contribution is 0.00296. The minimum Gasteiger partial charge on any atom is -0.441 e. The van der Waals surface area contributed by atoms with E-state index in [0.717, 1.165) is 25.1 Å². The lowest BCUT2D eigenvalue weighted by Gasteiger charge is -2.37. The number of carbonyl (C=O) groups is 2. The molecule has 7 nitrogen and oxygen atoms in total. The Bertz CT molecular complexity index is 620. The molecule has 0 aliphatic carbocycles. The van der Waals surface area contributed by atoms with Crippen LogP contribution in [0.25, 0.3) is 0 Å². The lowest BCUT2D eigenvalue weighted by Crippen LogP contribution is -2.48. The summed E-state index contributed by atoms with van der Waals surface area (Å²) in [5, 5.41) is 6.85. The molecule has 2 saturated heterocycles. The molecule has 0 unspecified atom stereocenters. The van der Waals surface area contributed by atoms with Crippen molar-refractivity contribution >= 4 is 12.0 Å². The normalized spacial score (nSPS) is 19.5. The second-order valence-electron chi connectivity index (χ2n) is 7.26. The first-order chi connectivity index (χ1) is 12.0. The zero-order chi connectivity index (χ0) is 17.9. The lowest BCUT2D eigenvalue weighted by atomic mass is 9.91. The molecular weight excluding hydrogens is 320 g/mol. The molecule has 0 saturated carbocycles. The van der Waals surface area contributed by atoms with Crippen molar-refractivity contribution in [2.75, 3.05) is 26.2 Å². The van der Waals surface area contributed by atoms with E-state index >= 15 is 0 Å². The van der Waals surface area contributed by atoms with Crippen LogP contribution in [0.3, 0.4) is 0 Å². The number of carbonyl (C=O) groups excluding carboxylic acids is 2. The Labute approximate surface area is 148 Å². The molecular formula is C18H28N4O3. The molecule has 1 spiro atoms. The maximum atomic E-state index is 12.5. The Hall–Kier alpha value is -2.05. The van der Waals surface area contributed by atoms with Gasteiger partial charge in [-0.1, -0.05) is 26.2 Å². The Morgan fingerprint density at radius 3 is 2.72 bits per heavy atom. The quantitative estimate of drug-likeness (QED) is 0.802. The monoisotopic (exact) mass is 348 g/mol. The molecule has 2 amide bonds. The van der Waals surface area contributed by atoms with Crippen LogP contribution in [0.4, 0.5) is 4.79 Å². The van der Waals surface area contributed by atoms with Gasteiger partial charge >= 0.3 is 6.09 Å². The van der Waals surface area contributed by atoms with E-state index in [2.05, 4.69) is 17.1 Å². The molecule has 2 aliphatic rings. The van der Waals surface area contributed by atoms with Crippen LogP contribution in [0, 0.1) is 6.92 Å². The van der Waals surface area contributed by atoms with Crippen molar-refractivity contribution < 1.29 is 14.3 Å². The molecule has 1 aromatic heterocycles. The second kappa shape index (κ2) is 7.45. The van der Waals surface area contributed by atoms with Crippen molar-refractivity contribution in [2.24, 2.45) is 0 Å². The van der Waals surface area contributed by atoms with Gasteiger partial charge in [-0.15, -0.1) is 0 Å². The van der Waals surface area contributed by atoms with Crippen LogP contribution in [-0.2, 0) is 4.74 Å². The summed E-state index contributed by atoms with van der Waals surface area (Å²) < 4.78 is 5.72. The number of hydrogen-bond acceptors (Lipinski definition) is 4. The van der Waals surface area contributed by atoms with Crippen molar-refractivity contribution in [3.05, 3.63) is 17.5 Å². The first kappa shape index (κ1) is 17.8. The molecule has 0 atom stereocenters. The highest BCUT2D eigenvalue weighted by Gasteiger charge is 2.47. The van der Waals surface area contributed by atoms with Crippen molar-refractivity contribution in [1.82, 2.24) is 20.0 Å². The van der Waals surface area contributed by atoms with Gasteiger partial charge < -0.3 is 14.5 Å². The number of H-pyrrole nitrogens is 1. The first-order valence-electron chi connectivity index (χ1n) is 9.32. The predicted octanol–water partition coefficient (Wildman–Crippen LogP) is 2.73. The number of amides is 2. The number of piperidine rings is 1. The van der Waals surface area contributed by atoms with E-state index in [-0.39, 0.29) is 12.0 Å². The van der Waals surface area contributed by atoms with Crippen molar-refractivity contribution in [3.63, 3.8) is 0 Å². The van der Waals surface area contributed by atoms with Crippen LogP contribution < -0.4 is 0 Å². The van der Waals surface area contributed by atoms with Gasteiger partial charge in [0.2, 0.25) is 0 Å². The molecule has 3 rings (SSSR count). The maximum absolute atomic E-state index is 12.5. The summed E-state index contributed by atoms with van der Waals surface area (Å²) in [7, 11) is 0. The van der Waals surface area contributed by atoms with Gasteiger partial charge in [-0.05, 0) is 19.4 Å². The van der Waals surface area contributed by atoms with E-state index in [1.165, 1.54) is 12.8 Å². The largest absolute Gasteiger partial charge is 0.441 e. The summed E-state index contributed by atoms with van der Waals surface area (Å²) in [6.45, 7) is 6.68. The summed E-state index contributed by atoms with van der Waals surface area (Å²) in [4.78, 5) is 28.3. The van der Waals surface area contributed by atoms with Crippen molar-refractivity contribution in [3.8, 4) is 0 Å². The average molecular weight is 348 g/mol. The third kappa shape index (κ3) is 3.96. The van der Waals surface area contributed by atoms with E-state index < -0.39 is 5.60 Å². The van der Waals surface area contributed by atoms with Crippen LogP contribution >= 0.6 is 0 Å². The number of likely N-dealkylation sites (tertiary alicyclic amines) is 1. The van der Waals surface area contributed by atoms with Crippen LogP contribution in [0.15, 0.2) is 6.07 Å². The number of nitrogens with zero attached hydrogens (tertiary/aromatic N) is 3. The van der Waals surface area contributed by atoms with Gasteiger partial charge in [0, 0.05) is 38.2 Å². The van der Waals surface area contributed by atoms with E-state index in [0.29, 0.717) is 38.2 Å². The Morgan fingerprint density at radius 1 is 1.32 bits per heavy atom. The van der Waals surface area contributed by atoms with E-state index in [1.54, 1.807) is 11.0 Å². The highest BCUT2D eigenvalue weighted by molar-refractivity contribution is 5.92. The number of nitrogens with one attached hydrogen (secondary N) is 1. The number of aromatic nitrogens is 2. The minimum atomic E-state index is -0.417. The van der Waals surface area contributed by atoms with Gasteiger partial charge in [-0.3, -0.25) is 9.89 Å². The molecule has 2 aliphatic heterocycles. The average Bonchev–Trinajstić information content (AvgIpc) is 3.16. The number of ether oxygens (including phenoxy) is 1. The molecule has 7 heteroatoms. The van der Waals surface area contributed by atoms with Gasteiger partial charge in [-0.2, -0.15) is 5.10 Å². The molecule has 3 heterocycles. The second-order valence-corrected chi connectivity index (χ2v) is 7.26. The summed E-state index contributed by atoms with van der Waals surface area (Å²) in [6.07, 6.45) is 5.77. The third-order valence-electron chi connectivity index (χ3n) is 5.21. The van der Waals surface area contributed by atoms with Gasteiger partial charge in [0.05, 0.1) is 6.54 Å². The number of rotatable bonds is 6. The zero-order valence-corrected chi connectivity index (χ0v) is 15.2.